The van der Waals surface area contributed by atoms with Gasteiger partial charge in [-0.2, -0.15) is 0 Å². The van der Waals surface area contributed by atoms with Crippen molar-refractivity contribution in [2.45, 2.75) is 26.7 Å². The molecule has 3 heterocycles. The second-order valence-electron chi connectivity index (χ2n) is 7.39. The van der Waals surface area contributed by atoms with Crippen LogP contribution in [0.3, 0.4) is 0 Å². The maximum Gasteiger partial charge on any atom is 0.253 e. The van der Waals surface area contributed by atoms with Crippen LogP contribution in [0.4, 0.5) is 23.1 Å². The molecule has 31 heavy (non-hydrogen) atoms. The largest absolute Gasteiger partial charge is 0.495 e. The summed E-state index contributed by atoms with van der Waals surface area (Å²) < 4.78 is 5.51. The van der Waals surface area contributed by atoms with Crippen LogP contribution in [0.5, 0.6) is 5.75 Å². The second kappa shape index (κ2) is 8.95. The lowest BCUT2D eigenvalue weighted by molar-refractivity contribution is 0.0792. The van der Waals surface area contributed by atoms with E-state index in [1.807, 2.05) is 30.9 Å². The van der Waals surface area contributed by atoms with Crippen molar-refractivity contribution in [2.75, 3.05) is 30.8 Å². The highest BCUT2D eigenvalue weighted by atomic mass is 16.5. The van der Waals surface area contributed by atoms with Crippen molar-refractivity contribution < 1.29 is 9.53 Å². The predicted molar refractivity (Wildman–Crippen MR) is 118 cm³/mol. The molecule has 2 aromatic heterocycles. The molecule has 160 valence electrons. The summed E-state index contributed by atoms with van der Waals surface area (Å²) in [5.41, 5.74) is 2.19. The number of nitrogens with one attached hydrogen (secondary N) is 2. The molecule has 0 radical (unpaired) electrons. The maximum absolute atomic E-state index is 12.7. The van der Waals surface area contributed by atoms with Crippen LogP contribution in [0.2, 0.25) is 0 Å². The first-order valence-corrected chi connectivity index (χ1v) is 10.2. The van der Waals surface area contributed by atoms with E-state index in [1.165, 1.54) is 6.33 Å². The van der Waals surface area contributed by atoms with Crippen LogP contribution in [0.25, 0.3) is 0 Å². The average molecular weight is 419 g/mol. The average Bonchev–Trinajstić information content (AvgIpc) is 3.28. The summed E-state index contributed by atoms with van der Waals surface area (Å²) >= 11 is 0. The minimum absolute atomic E-state index is 0.0336. The fraction of sp³-hybridized carbons (Fsp3) is 0.318. The van der Waals surface area contributed by atoms with E-state index in [0.29, 0.717) is 40.3 Å². The second-order valence-corrected chi connectivity index (χ2v) is 7.39. The van der Waals surface area contributed by atoms with E-state index in [1.54, 1.807) is 25.3 Å². The Kier molecular flexibility index (Phi) is 5.92. The Morgan fingerprint density at radius 3 is 2.42 bits per heavy atom. The number of aryl methyl sites for hydroxylation is 2. The van der Waals surface area contributed by atoms with Gasteiger partial charge in [-0.25, -0.2) is 19.9 Å². The van der Waals surface area contributed by atoms with E-state index in [4.69, 9.17) is 4.74 Å². The molecule has 9 heteroatoms. The lowest BCUT2D eigenvalue weighted by Gasteiger charge is -2.17. The number of rotatable bonds is 6. The molecule has 9 nitrogen and oxygen atoms in total. The molecule has 0 aliphatic carbocycles. The number of anilines is 4. The molecular formula is C22H25N7O2. The van der Waals surface area contributed by atoms with Gasteiger partial charge >= 0.3 is 0 Å². The van der Waals surface area contributed by atoms with E-state index in [9.17, 15) is 4.79 Å². The maximum atomic E-state index is 12.7. The predicted octanol–water partition coefficient (Wildman–Crippen LogP) is 3.62. The molecule has 1 fully saturated rings. The highest BCUT2D eigenvalue weighted by molar-refractivity contribution is 5.95. The Morgan fingerprint density at radius 1 is 0.968 bits per heavy atom. The number of hydrogen-bond donors (Lipinski definition) is 2. The number of nitrogens with zero attached hydrogens (tertiary/aromatic N) is 5. The number of amides is 1. The number of hydrogen-bond acceptors (Lipinski definition) is 8. The van der Waals surface area contributed by atoms with Gasteiger partial charge in [-0.3, -0.25) is 4.79 Å². The van der Waals surface area contributed by atoms with Gasteiger partial charge < -0.3 is 20.3 Å². The molecule has 0 spiro atoms. The van der Waals surface area contributed by atoms with Crippen LogP contribution >= 0.6 is 0 Å². The smallest absolute Gasteiger partial charge is 0.253 e. The summed E-state index contributed by atoms with van der Waals surface area (Å²) in [6, 6.07) is 9.01. The molecular weight excluding hydrogens is 394 g/mol. The minimum Gasteiger partial charge on any atom is -0.495 e. The van der Waals surface area contributed by atoms with Gasteiger partial charge in [0.15, 0.2) is 0 Å². The third-order valence-corrected chi connectivity index (χ3v) is 4.99. The molecule has 4 rings (SSSR count). The Labute approximate surface area is 180 Å². The minimum atomic E-state index is 0.0336. The number of benzene rings is 1. The normalized spacial score (nSPS) is 13.2. The summed E-state index contributed by atoms with van der Waals surface area (Å²) in [5, 5.41) is 6.41. The van der Waals surface area contributed by atoms with Gasteiger partial charge in [0.1, 0.15) is 35.4 Å². The van der Waals surface area contributed by atoms with E-state index in [-0.39, 0.29) is 5.91 Å². The van der Waals surface area contributed by atoms with Crippen LogP contribution in [0, 0.1) is 13.8 Å². The molecule has 3 aromatic rings. The molecule has 1 aliphatic heterocycles. The van der Waals surface area contributed by atoms with Crippen molar-refractivity contribution in [3.05, 3.63) is 53.7 Å². The van der Waals surface area contributed by atoms with Crippen molar-refractivity contribution in [2.24, 2.45) is 0 Å². The third kappa shape index (κ3) is 4.88. The van der Waals surface area contributed by atoms with Crippen molar-refractivity contribution >= 4 is 29.0 Å². The lowest BCUT2D eigenvalue weighted by atomic mass is 10.1. The van der Waals surface area contributed by atoms with Crippen LogP contribution in [-0.2, 0) is 0 Å². The van der Waals surface area contributed by atoms with E-state index >= 15 is 0 Å². The van der Waals surface area contributed by atoms with Crippen molar-refractivity contribution in [3.8, 4) is 5.75 Å². The number of carbonyl (C=O) groups excluding carboxylic acids is 1. The highest BCUT2D eigenvalue weighted by Crippen LogP contribution is 2.29. The van der Waals surface area contributed by atoms with Crippen molar-refractivity contribution in [3.63, 3.8) is 0 Å². The van der Waals surface area contributed by atoms with E-state index in [2.05, 4.69) is 30.6 Å². The molecule has 1 aromatic carbocycles. The van der Waals surface area contributed by atoms with Gasteiger partial charge in [-0.1, -0.05) is 0 Å². The zero-order valence-electron chi connectivity index (χ0n) is 17.8. The molecule has 1 aliphatic rings. The number of likely N-dealkylation sites (tertiary alicyclic amines) is 1. The fourth-order valence-electron chi connectivity index (χ4n) is 3.57. The first-order valence-electron chi connectivity index (χ1n) is 10.2. The van der Waals surface area contributed by atoms with Crippen LogP contribution in [-0.4, -0.2) is 50.9 Å². The lowest BCUT2D eigenvalue weighted by Crippen LogP contribution is -2.27. The van der Waals surface area contributed by atoms with Crippen molar-refractivity contribution in [1.29, 1.82) is 0 Å². The van der Waals surface area contributed by atoms with Gasteiger partial charge in [-0.15, -0.1) is 0 Å². The van der Waals surface area contributed by atoms with Crippen LogP contribution in [0.1, 0.15) is 34.7 Å². The number of carbonyl (C=O) groups is 1. The molecule has 1 amide bonds. The molecule has 1 saturated heterocycles. The molecule has 0 saturated carbocycles. The summed E-state index contributed by atoms with van der Waals surface area (Å²) in [7, 11) is 1.58. The molecule has 0 unspecified atom stereocenters. The van der Waals surface area contributed by atoms with E-state index in [0.717, 1.165) is 31.6 Å². The van der Waals surface area contributed by atoms with Crippen LogP contribution < -0.4 is 15.4 Å². The van der Waals surface area contributed by atoms with Gasteiger partial charge in [-0.05, 0) is 44.9 Å². The Balaban J connectivity index is 1.52. The molecule has 0 atom stereocenters. The first-order chi connectivity index (χ1) is 15.0. The topological polar surface area (TPSA) is 105 Å². The first kappa shape index (κ1) is 20.5. The summed E-state index contributed by atoms with van der Waals surface area (Å²) in [5.74, 6) is 3.12. The summed E-state index contributed by atoms with van der Waals surface area (Å²) in [4.78, 5) is 31.7. The molecule has 2 N–H and O–H groups in total. The SMILES string of the molecule is COc1cc(C(=O)N2CCCC2)ccc1Nc1cc(Nc2cc(C)nc(C)n2)ncn1. The monoisotopic (exact) mass is 419 g/mol. The number of aromatic nitrogens is 4. The standard InChI is InChI=1S/C22H25N7O2/c1-14-10-21(26-15(2)25-14)28-20-12-19(23-13-24-20)27-17-7-6-16(11-18(17)31-3)22(30)29-8-4-5-9-29/h6-7,10-13H,4-5,8-9H2,1-3H3,(H2,23,24,25,26,27,28). The third-order valence-electron chi connectivity index (χ3n) is 4.99. The molecule has 0 bridgehead atoms. The van der Waals surface area contributed by atoms with E-state index < -0.39 is 0 Å². The Morgan fingerprint density at radius 2 is 1.71 bits per heavy atom. The van der Waals surface area contributed by atoms with Gasteiger partial charge in [0.05, 0.1) is 12.8 Å². The fourth-order valence-corrected chi connectivity index (χ4v) is 3.57. The Hall–Kier alpha value is -3.75. The number of ether oxygens (including phenoxy) is 1. The van der Waals surface area contributed by atoms with Gasteiger partial charge in [0.2, 0.25) is 0 Å². The number of methoxy groups -OCH3 is 1. The summed E-state index contributed by atoms with van der Waals surface area (Å²) in [6.07, 6.45) is 3.57. The zero-order chi connectivity index (χ0) is 21.8. The Bertz CT molecular complexity index is 1080. The highest BCUT2D eigenvalue weighted by Gasteiger charge is 2.20. The summed E-state index contributed by atoms with van der Waals surface area (Å²) in [6.45, 7) is 5.37. The van der Waals surface area contributed by atoms with Crippen molar-refractivity contribution in [1.82, 2.24) is 24.8 Å². The zero-order valence-corrected chi connectivity index (χ0v) is 17.8. The van der Waals surface area contributed by atoms with Gasteiger partial charge in [0, 0.05) is 36.5 Å². The van der Waals surface area contributed by atoms with Gasteiger partial charge in [0.25, 0.3) is 5.91 Å². The quantitative estimate of drug-likeness (QED) is 0.624. The van der Waals surface area contributed by atoms with Crippen LogP contribution in [0.15, 0.2) is 36.7 Å².